The molecule has 3 heterocycles. The number of likely N-dealkylation sites (tertiary alicyclic amines) is 1. The van der Waals surface area contributed by atoms with E-state index in [0.717, 1.165) is 71.3 Å². The number of hydrogen-bond donors (Lipinski definition) is 3. The molecular formula is C29H32N4O4S. The zero-order valence-electron chi connectivity index (χ0n) is 21.6. The topological polar surface area (TPSA) is 114 Å². The van der Waals surface area contributed by atoms with Gasteiger partial charge in [-0.1, -0.05) is 30.3 Å². The van der Waals surface area contributed by atoms with Crippen molar-refractivity contribution in [1.82, 2.24) is 15.1 Å². The van der Waals surface area contributed by atoms with Crippen LogP contribution in [0.4, 0.5) is 0 Å². The van der Waals surface area contributed by atoms with Gasteiger partial charge in [-0.25, -0.2) is 0 Å². The van der Waals surface area contributed by atoms with Gasteiger partial charge in [-0.2, -0.15) is 5.10 Å². The number of primary amides is 1. The van der Waals surface area contributed by atoms with Crippen molar-refractivity contribution in [3.8, 4) is 22.6 Å². The number of thiophene rings is 1. The number of fused-ring (bicyclic) bond motifs is 1. The number of hydrogen-bond acceptors (Lipinski definition) is 7. The monoisotopic (exact) mass is 532 g/mol. The number of aromatic nitrogens is 2. The summed E-state index contributed by atoms with van der Waals surface area (Å²) in [5.74, 6) is 0.787. The lowest BCUT2D eigenvalue weighted by Crippen LogP contribution is -2.38. The minimum absolute atomic E-state index is 0.200. The number of H-pyrrole nitrogens is 1. The summed E-state index contributed by atoms with van der Waals surface area (Å²) in [4.78, 5) is 14.8. The van der Waals surface area contributed by atoms with Crippen LogP contribution in [-0.2, 0) is 0 Å². The number of methoxy groups -OCH3 is 1. The number of piperidine rings is 1. The van der Waals surface area contributed by atoms with E-state index in [4.69, 9.17) is 15.2 Å². The zero-order valence-corrected chi connectivity index (χ0v) is 22.4. The highest BCUT2D eigenvalue weighted by Crippen LogP contribution is 2.44. The SMILES string of the molecule is COc1c(OCCN2CCC(O)CC2)ccc(/C=C/c2n[nH]c3ccccc23)c1-c1csc(C(N)=O)c1C. The third kappa shape index (κ3) is 5.31. The van der Waals surface area contributed by atoms with Gasteiger partial charge in [-0.05, 0) is 54.5 Å². The fourth-order valence-electron chi connectivity index (χ4n) is 4.93. The maximum atomic E-state index is 12.0. The molecule has 4 aromatic rings. The van der Waals surface area contributed by atoms with Crippen molar-refractivity contribution >= 4 is 40.3 Å². The van der Waals surface area contributed by atoms with Crippen LogP contribution in [0.1, 0.15) is 39.3 Å². The first-order chi connectivity index (χ1) is 18.5. The van der Waals surface area contributed by atoms with E-state index in [1.165, 1.54) is 11.3 Å². The van der Waals surface area contributed by atoms with Gasteiger partial charge in [0.05, 0.1) is 29.3 Å². The Balaban J connectivity index is 1.49. The van der Waals surface area contributed by atoms with Crippen LogP contribution >= 0.6 is 11.3 Å². The molecule has 4 N–H and O–H groups in total. The molecule has 0 saturated carbocycles. The van der Waals surface area contributed by atoms with Gasteiger partial charge in [-0.15, -0.1) is 11.3 Å². The molecule has 1 amide bonds. The van der Waals surface area contributed by atoms with E-state index in [1.807, 2.05) is 60.9 Å². The predicted molar refractivity (Wildman–Crippen MR) is 152 cm³/mol. The first-order valence-corrected chi connectivity index (χ1v) is 13.6. The molecule has 1 saturated heterocycles. The van der Waals surface area contributed by atoms with E-state index >= 15 is 0 Å². The third-order valence-electron chi connectivity index (χ3n) is 7.03. The largest absolute Gasteiger partial charge is 0.492 e. The number of benzene rings is 2. The van der Waals surface area contributed by atoms with Crippen LogP contribution in [0.25, 0.3) is 34.2 Å². The smallest absolute Gasteiger partial charge is 0.259 e. The average molecular weight is 533 g/mol. The number of nitrogens with two attached hydrogens (primary N) is 1. The second kappa shape index (κ2) is 11.4. The van der Waals surface area contributed by atoms with Crippen molar-refractivity contribution in [2.45, 2.75) is 25.9 Å². The number of aliphatic hydroxyl groups excluding tert-OH is 1. The Morgan fingerprint density at radius 1 is 1.24 bits per heavy atom. The molecule has 1 aliphatic heterocycles. The van der Waals surface area contributed by atoms with Gasteiger partial charge in [0.1, 0.15) is 6.61 Å². The second-order valence-corrected chi connectivity index (χ2v) is 10.3. The summed E-state index contributed by atoms with van der Waals surface area (Å²) >= 11 is 1.33. The van der Waals surface area contributed by atoms with Crippen LogP contribution in [0.3, 0.4) is 0 Å². The molecule has 0 aliphatic carbocycles. The Kier molecular flexibility index (Phi) is 7.78. The van der Waals surface area contributed by atoms with E-state index in [9.17, 15) is 9.90 Å². The molecule has 0 unspecified atom stereocenters. The molecular weight excluding hydrogens is 500 g/mol. The van der Waals surface area contributed by atoms with E-state index in [2.05, 4.69) is 15.1 Å². The van der Waals surface area contributed by atoms with Crippen molar-refractivity contribution in [1.29, 1.82) is 0 Å². The molecule has 2 aromatic carbocycles. The number of carbonyl (C=O) groups excluding carboxylic acids is 1. The summed E-state index contributed by atoms with van der Waals surface area (Å²) in [6, 6.07) is 11.9. The van der Waals surface area contributed by atoms with Crippen molar-refractivity contribution < 1.29 is 19.4 Å². The minimum atomic E-state index is -0.447. The molecule has 9 heteroatoms. The Labute approximate surface area is 225 Å². The molecule has 198 valence electrons. The molecule has 5 rings (SSSR count). The first kappa shape index (κ1) is 26.0. The van der Waals surface area contributed by atoms with Gasteiger partial charge in [0.25, 0.3) is 5.91 Å². The zero-order chi connectivity index (χ0) is 26.6. The standard InChI is InChI=1S/C29H32N4O4S/c1-18-22(17-38-28(18)29(30)35)26-19(7-9-24-21-5-3-4-6-23(21)31-32-24)8-10-25(27(26)36-2)37-16-15-33-13-11-20(34)12-14-33/h3-10,17,20,34H,11-16H2,1-2H3,(H2,30,35)(H,31,32)/b9-7+. The van der Waals surface area contributed by atoms with Crippen LogP contribution in [0.15, 0.2) is 41.8 Å². The molecule has 0 spiro atoms. The number of ether oxygens (including phenoxy) is 2. The van der Waals surface area contributed by atoms with Crippen LogP contribution in [0, 0.1) is 6.92 Å². The van der Waals surface area contributed by atoms with Crippen LogP contribution in [0.2, 0.25) is 0 Å². The summed E-state index contributed by atoms with van der Waals surface area (Å²) in [5.41, 5.74) is 10.9. The van der Waals surface area contributed by atoms with E-state index in [-0.39, 0.29) is 6.10 Å². The second-order valence-electron chi connectivity index (χ2n) is 9.44. The molecule has 38 heavy (non-hydrogen) atoms. The molecule has 0 atom stereocenters. The number of rotatable bonds is 9. The number of nitrogens with zero attached hydrogens (tertiary/aromatic N) is 2. The van der Waals surface area contributed by atoms with E-state index in [1.54, 1.807) is 7.11 Å². The predicted octanol–water partition coefficient (Wildman–Crippen LogP) is 4.71. The lowest BCUT2D eigenvalue weighted by atomic mass is 9.96. The Morgan fingerprint density at radius 2 is 2.03 bits per heavy atom. The number of carbonyl (C=O) groups is 1. The van der Waals surface area contributed by atoms with Gasteiger partial charge in [0.15, 0.2) is 11.5 Å². The van der Waals surface area contributed by atoms with Crippen LogP contribution < -0.4 is 15.2 Å². The quantitative estimate of drug-likeness (QED) is 0.288. The summed E-state index contributed by atoms with van der Waals surface area (Å²) in [6.45, 7) is 4.89. The molecule has 1 aliphatic rings. The van der Waals surface area contributed by atoms with Crippen molar-refractivity contribution in [2.75, 3.05) is 33.4 Å². The Bertz CT molecular complexity index is 1470. The number of nitrogens with one attached hydrogen (secondary N) is 1. The van der Waals surface area contributed by atoms with Crippen molar-refractivity contribution in [3.05, 3.63) is 63.5 Å². The average Bonchev–Trinajstić information content (AvgIpc) is 3.51. The van der Waals surface area contributed by atoms with Gasteiger partial charge >= 0.3 is 0 Å². The maximum absolute atomic E-state index is 12.0. The van der Waals surface area contributed by atoms with Crippen molar-refractivity contribution in [2.24, 2.45) is 5.73 Å². The number of aromatic amines is 1. The Morgan fingerprint density at radius 3 is 2.76 bits per heavy atom. The highest BCUT2D eigenvalue weighted by atomic mass is 32.1. The van der Waals surface area contributed by atoms with Gasteiger partial charge in [0, 0.05) is 36.1 Å². The molecule has 1 fully saturated rings. The van der Waals surface area contributed by atoms with Gasteiger partial charge in [0.2, 0.25) is 0 Å². The summed E-state index contributed by atoms with van der Waals surface area (Å²) in [7, 11) is 1.63. The van der Waals surface area contributed by atoms with Crippen molar-refractivity contribution in [3.63, 3.8) is 0 Å². The third-order valence-corrected chi connectivity index (χ3v) is 8.13. The fourth-order valence-corrected chi connectivity index (χ4v) is 5.86. The molecule has 2 aromatic heterocycles. The highest BCUT2D eigenvalue weighted by Gasteiger charge is 2.22. The first-order valence-electron chi connectivity index (χ1n) is 12.7. The fraction of sp³-hybridized carbons (Fsp3) is 0.310. The lowest BCUT2D eigenvalue weighted by molar-refractivity contribution is 0.0752. The van der Waals surface area contributed by atoms with Gasteiger partial charge < -0.3 is 20.3 Å². The lowest BCUT2D eigenvalue weighted by Gasteiger charge is -2.29. The number of aliphatic hydroxyl groups is 1. The summed E-state index contributed by atoms with van der Waals surface area (Å²) in [6.07, 6.45) is 5.36. The van der Waals surface area contributed by atoms with Crippen LogP contribution in [-0.4, -0.2) is 65.6 Å². The minimum Gasteiger partial charge on any atom is -0.492 e. The van der Waals surface area contributed by atoms with E-state index in [0.29, 0.717) is 23.0 Å². The maximum Gasteiger partial charge on any atom is 0.259 e. The molecule has 8 nitrogen and oxygen atoms in total. The highest BCUT2D eigenvalue weighted by molar-refractivity contribution is 7.12. The number of para-hydroxylation sites is 1. The number of amides is 1. The molecule has 0 radical (unpaired) electrons. The van der Waals surface area contributed by atoms with E-state index < -0.39 is 5.91 Å². The Hall–Kier alpha value is -3.66. The van der Waals surface area contributed by atoms with Crippen LogP contribution in [0.5, 0.6) is 11.5 Å². The van der Waals surface area contributed by atoms with Gasteiger partial charge in [-0.3, -0.25) is 14.8 Å². The molecule has 0 bridgehead atoms. The summed E-state index contributed by atoms with van der Waals surface area (Å²) < 4.78 is 12.1. The normalized spacial score (nSPS) is 14.9. The summed E-state index contributed by atoms with van der Waals surface area (Å²) in [5, 5.41) is 20.3.